The van der Waals surface area contributed by atoms with Crippen LogP contribution in [-0.2, 0) is 25.8 Å². The molecule has 1 aromatic carbocycles. The molecule has 0 saturated heterocycles. The number of rotatable bonds is 7. The van der Waals surface area contributed by atoms with Crippen molar-refractivity contribution in [2.75, 3.05) is 7.11 Å². The number of carbonyl (C=O) groups excluding carboxylic acids is 2. The van der Waals surface area contributed by atoms with Crippen molar-refractivity contribution >= 4 is 11.9 Å². The van der Waals surface area contributed by atoms with Gasteiger partial charge in [0.15, 0.2) is 0 Å². The molecule has 0 aromatic heterocycles. The van der Waals surface area contributed by atoms with Crippen molar-refractivity contribution < 1.29 is 19.2 Å². The van der Waals surface area contributed by atoms with Crippen molar-refractivity contribution in [3.05, 3.63) is 48.6 Å². The van der Waals surface area contributed by atoms with Gasteiger partial charge >= 0.3 is 5.97 Å². The highest BCUT2D eigenvalue weighted by Gasteiger charge is 2.26. The normalized spacial score (nSPS) is 11.4. The first-order valence-electron chi connectivity index (χ1n) is 5.83. The fraction of sp³-hybridized carbons (Fsp3) is 0.286. The number of hydroxylamine groups is 1. The Labute approximate surface area is 112 Å². The molecule has 1 rings (SSSR count). The minimum Gasteiger partial charge on any atom is -0.468 e. The maximum absolute atomic E-state index is 11.7. The second-order valence-electron chi connectivity index (χ2n) is 3.84. The highest BCUT2D eigenvalue weighted by Crippen LogP contribution is 2.07. The highest BCUT2D eigenvalue weighted by molar-refractivity contribution is 5.97. The molecule has 0 radical (unpaired) electrons. The molecule has 5 heteroatoms. The molecule has 1 N–H and O–H groups in total. The summed E-state index contributed by atoms with van der Waals surface area (Å²) in [4.78, 5) is 28.2. The summed E-state index contributed by atoms with van der Waals surface area (Å²) in [6, 6.07) is 9.37. The predicted octanol–water partition coefficient (Wildman–Crippen LogP) is 1.60. The van der Waals surface area contributed by atoms with Crippen molar-refractivity contribution in [2.24, 2.45) is 5.92 Å². The van der Waals surface area contributed by atoms with Crippen LogP contribution in [0.3, 0.4) is 0 Å². The molecule has 5 nitrogen and oxygen atoms in total. The second kappa shape index (κ2) is 8.05. The number of hydrogen-bond acceptors (Lipinski definition) is 4. The van der Waals surface area contributed by atoms with E-state index in [0.717, 1.165) is 5.56 Å². The van der Waals surface area contributed by atoms with Crippen LogP contribution >= 0.6 is 0 Å². The van der Waals surface area contributed by atoms with E-state index in [1.54, 1.807) is 0 Å². The van der Waals surface area contributed by atoms with Gasteiger partial charge in [-0.2, -0.15) is 0 Å². The molecule has 0 aliphatic rings. The van der Waals surface area contributed by atoms with Crippen molar-refractivity contribution in [1.29, 1.82) is 0 Å². The van der Waals surface area contributed by atoms with Gasteiger partial charge in [-0.15, -0.1) is 6.58 Å². The third kappa shape index (κ3) is 4.93. The van der Waals surface area contributed by atoms with Crippen LogP contribution in [0.1, 0.15) is 12.0 Å². The molecule has 0 fully saturated rings. The molecule has 0 spiro atoms. The van der Waals surface area contributed by atoms with Crippen LogP contribution in [-0.4, -0.2) is 19.0 Å². The van der Waals surface area contributed by atoms with Crippen LogP contribution in [0.2, 0.25) is 0 Å². The van der Waals surface area contributed by atoms with Gasteiger partial charge in [-0.1, -0.05) is 36.4 Å². The van der Waals surface area contributed by atoms with Crippen molar-refractivity contribution in [1.82, 2.24) is 5.48 Å². The third-order valence-corrected chi connectivity index (χ3v) is 2.46. The molecule has 0 saturated carbocycles. The molecular formula is C14H17NO4. The second-order valence-corrected chi connectivity index (χ2v) is 3.84. The van der Waals surface area contributed by atoms with Crippen LogP contribution in [0, 0.1) is 5.92 Å². The van der Waals surface area contributed by atoms with Gasteiger partial charge in [0.1, 0.15) is 5.92 Å². The number of carbonyl (C=O) groups is 2. The van der Waals surface area contributed by atoms with Crippen LogP contribution in [0.15, 0.2) is 43.0 Å². The monoisotopic (exact) mass is 263 g/mol. The van der Waals surface area contributed by atoms with E-state index in [-0.39, 0.29) is 13.0 Å². The number of allylic oxidation sites excluding steroid dienone is 1. The summed E-state index contributed by atoms with van der Waals surface area (Å²) in [5.41, 5.74) is 3.16. The first-order valence-corrected chi connectivity index (χ1v) is 5.83. The molecule has 19 heavy (non-hydrogen) atoms. The van der Waals surface area contributed by atoms with E-state index in [0.29, 0.717) is 0 Å². The molecule has 0 heterocycles. The standard InChI is InChI=1S/C14H17NO4/c1-3-7-12(14(17)18-2)13(16)15-19-10-11-8-5-4-6-9-11/h3-6,8-9,12H,1,7,10H2,2H3,(H,15,16)/t12-/m0/s1. The first kappa shape index (κ1) is 14.9. The summed E-state index contributed by atoms with van der Waals surface area (Å²) in [6.07, 6.45) is 1.69. The maximum Gasteiger partial charge on any atom is 0.318 e. The molecule has 102 valence electrons. The van der Waals surface area contributed by atoms with Crippen LogP contribution in [0.5, 0.6) is 0 Å². The van der Waals surface area contributed by atoms with Gasteiger partial charge in [-0.3, -0.25) is 14.4 Å². The lowest BCUT2D eigenvalue weighted by Crippen LogP contribution is -2.35. The topological polar surface area (TPSA) is 64.6 Å². The summed E-state index contributed by atoms with van der Waals surface area (Å²) in [6.45, 7) is 3.73. The fourth-order valence-electron chi connectivity index (χ4n) is 1.46. The largest absolute Gasteiger partial charge is 0.468 e. The average Bonchev–Trinajstić information content (AvgIpc) is 2.45. The summed E-state index contributed by atoms with van der Waals surface area (Å²) >= 11 is 0. The predicted molar refractivity (Wildman–Crippen MR) is 69.7 cm³/mol. The number of methoxy groups -OCH3 is 1. The Kier molecular flexibility index (Phi) is 6.32. The molecule has 1 aromatic rings. The summed E-state index contributed by atoms with van der Waals surface area (Å²) in [5, 5.41) is 0. The van der Waals surface area contributed by atoms with Gasteiger partial charge in [-0.05, 0) is 12.0 Å². The quantitative estimate of drug-likeness (QED) is 0.351. The van der Waals surface area contributed by atoms with Gasteiger partial charge in [0.25, 0.3) is 5.91 Å². The Morgan fingerprint density at radius 1 is 1.37 bits per heavy atom. The van der Waals surface area contributed by atoms with Gasteiger partial charge in [0.05, 0.1) is 13.7 Å². The number of nitrogens with one attached hydrogen (secondary N) is 1. The van der Waals surface area contributed by atoms with E-state index >= 15 is 0 Å². The van der Waals surface area contributed by atoms with Crippen LogP contribution in [0.4, 0.5) is 0 Å². The van der Waals surface area contributed by atoms with E-state index < -0.39 is 17.8 Å². The SMILES string of the molecule is C=CC[C@@H](C(=O)NOCc1ccccc1)C(=O)OC. The third-order valence-electron chi connectivity index (χ3n) is 2.46. The Balaban J connectivity index is 2.44. The molecular weight excluding hydrogens is 246 g/mol. The number of ether oxygens (including phenoxy) is 1. The average molecular weight is 263 g/mol. The summed E-state index contributed by atoms with van der Waals surface area (Å²) in [7, 11) is 1.23. The lowest BCUT2D eigenvalue weighted by Gasteiger charge is -2.12. The smallest absolute Gasteiger partial charge is 0.318 e. The molecule has 0 aliphatic carbocycles. The highest BCUT2D eigenvalue weighted by atomic mass is 16.7. The molecule has 0 unspecified atom stereocenters. The van der Waals surface area contributed by atoms with Gasteiger partial charge in [0, 0.05) is 0 Å². The van der Waals surface area contributed by atoms with Crippen LogP contribution < -0.4 is 5.48 Å². The number of amides is 1. The molecule has 0 aliphatic heterocycles. The lowest BCUT2D eigenvalue weighted by molar-refractivity contribution is -0.154. The van der Waals surface area contributed by atoms with Crippen molar-refractivity contribution in [2.45, 2.75) is 13.0 Å². The lowest BCUT2D eigenvalue weighted by atomic mass is 10.1. The number of hydrogen-bond donors (Lipinski definition) is 1. The fourth-order valence-corrected chi connectivity index (χ4v) is 1.46. The Hall–Kier alpha value is -2.14. The Morgan fingerprint density at radius 3 is 2.63 bits per heavy atom. The minimum atomic E-state index is -0.932. The minimum absolute atomic E-state index is 0.202. The van der Waals surface area contributed by atoms with Crippen molar-refractivity contribution in [3.63, 3.8) is 0 Å². The van der Waals surface area contributed by atoms with E-state index in [2.05, 4.69) is 16.8 Å². The van der Waals surface area contributed by atoms with E-state index in [1.165, 1.54) is 13.2 Å². The maximum atomic E-state index is 11.7. The summed E-state index contributed by atoms with van der Waals surface area (Å²) in [5.74, 6) is -2.08. The zero-order chi connectivity index (χ0) is 14.1. The first-order chi connectivity index (χ1) is 9.19. The summed E-state index contributed by atoms with van der Waals surface area (Å²) < 4.78 is 4.55. The van der Waals surface area contributed by atoms with E-state index in [4.69, 9.17) is 4.84 Å². The molecule has 1 amide bonds. The Morgan fingerprint density at radius 2 is 2.05 bits per heavy atom. The number of esters is 1. The number of benzene rings is 1. The van der Waals surface area contributed by atoms with E-state index in [9.17, 15) is 9.59 Å². The molecule has 1 atom stereocenters. The van der Waals surface area contributed by atoms with E-state index in [1.807, 2.05) is 30.3 Å². The van der Waals surface area contributed by atoms with Crippen LogP contribution in [0.25, 0.3) is 0 Å². The van der Waals surface area contributed by atoms with Gasteiger partial charge in [0.2, 0.25) is 0 Å². The Bertz CT molecular complexity index is 430. The van der Waals surface area contributed by atoms with Gasteiger partial charge < -0.3 is 4.74 Å². The van der Waals surface area contributed by atoms with Gasteiger partial charge in [-0.25, -0.2) is 5.48 Å². The zero-order valence-corrected chi connectivity index (χ0v) is 10.8. The zero-order valence-electron chi connectivity index (χ0n) is 10.8. The van der Waals surface area contributed by atoms with Crippen molar-refractivity contribution in [3.8, 4) is 0 Å². The molecule has 0 bridgehead atoms.